The molecule has 1 saturated heterocycles. The molecule has 0 aliphatic carbocycles. The number of rotatable bonds is 3. The van der Waals surface area contributed by atoms with Crippen molar-refractivity contribution in [3.05, 3.63) is 5.89 Å². The minimum absolute atomic E-state index is 0.425. The lowest BCUT2D eigenvalue weighted by Gasteiger charge is -2.22. The summed E-state index contributed by atoms with van der Waals surface area (Å²) in [6.45, 7) is 7.20. The normalized spacial score (nSPS) is 20.3. The van der Waals surface area contributed by atoms with E-state index in [-0.39, 0.29) is 0 Å². The zero-order valence-electron chi connectivity index (χ0n) is 10.8. The van der Waals surface area contributed by atoms with Gasteiger partial charge in [-0.05, 0) is 24.7 Å². The predicted octanol–water partition coefficient (Wildman–Crippen LogP) is 1.59. The lowest BCUT2D eigenvalue weighted by Crippen LogP contribution is -2.25. The molecule has 17 heavy (non-hydrogen) atoms. The maximum absolute atomic E-state index is 5.61. The van der Waals surface area contributed by atoms with Crippen LogP contribution in [0.25, 0.3) is 0 Å². The van der Waals surface area contributed by atoms with Crippen LogP contribution in [0.1, 0.15) is 39.0 Å². The van der Waals surface area contributed by atoms with Gasteiger partial charge in [-0.2, -0.15) is 0 Å². The summed E-state index contributed by atoms with van der Waals surface area (Å²) < 4.78 is 5.61. The first-order chi connectivity index (χ1) is 8.11. The van der Waals surface area contributed by atoms with Crippen LogP contribution in [-0.2, 0) is 6.42 Å². The minimum Gasteiger partial charge on any atom is -0.408 e. The highest BCUT2D eigenvalue weighted by Gasteiger charge is 2.25. The Balaban J connectivity index is 2.01. The Hall–Kier alpha value is -1.10. The largest absolute Gasteiger partial charge is 0.408 e. The van der Waals surface area contributed by atoms with Crippen molar-refractivity contribution in [1.82, 2.24) is 10.2 Å². The summed E-state index contributed by atoms with van der Waals surface area (Å²) in [5.74, 6) is 0.644. The second kappa shape index (κ2) is 5.04. The van der Waals surface area contributed by atoms with Crippen LogP contribution in [0.3, 0.4) is 0 Å². The van der Waals surface area contributed by atoms with Crippen LogP contribution in [-0.4, -0.2) is 29.8 Å². The number of hydrogen-bond donors (Lipinski definition) is 1. The molecule has 5 nitrogen and oxygen atoms in total. The van der Waals surface area contributed by atoms with E-state index >= 15 is 0 Å². The summed E-state index contributed by atoms with van der Waals surface area (Å²) in [5, 5.41) is 8.11. The smallest absolute Gasteiger partial charge is 0.318 e. The van der Waals surface area contributed by atoms with Gasteiger partial charge >= 0.3 is 6.01 Å². The molecule has 96 valence electrons. The molecule has 0 amide bonds. The molecule has 0 aromatic carbocycles. The van der Waals surface area contributed by atoms with E-state index in [9.17, 15) is 0 Å². The van der Waals surface area contributed by atoms with Gasteiger partial charge in [0, 0.05) is 26.1 Å². The highest BCUT2D eigenvalue weighted by atomic mass is 16.4. The Morgan fingerprint density at radius 2 is 2.12 bits per heavy atom. The molecular formula is C12H22N4O. The Bertz CT molecular complexity index is 361. The van der Waals surface area contributed by atoms with Gasteiger partial charge in [-0.1, -0.05) is 18.9 Å². The van der Waals surface area contributed by atoms with Gasteiger partial charge in [-0.25, -0.2) is 0 Å². The number of nitrogens with zero attached hydrogens (tertiary/aromatic N) is 3. The monoisotopic (exact) mass is 238 g/mol. The van der Waals surface area contributed by atoms with Crippen LogP contribution in [0.4, 0.5) is 6.01 Å². The zero-order chi connectivity index (χ0) is 12.3. The summed E-state index contributed by atoms with van der Waals surface area (Å²) in [6.07, 6.45) is 4.27. The van der Waals surface area contributed by atoms with Crippen molar-refractivity contribution in [2.24, 2.45) is 11.1 Å². The van der Waals surface area contributed by atoms with E-state index in [4.69, 9.17) is 10.2 Å². The molecule has 0 atom stereocenters. The minimum atomic E-state index is 0.425. The molecular weight excluding hydrogens is 216 g/mol. The van der Waals surface area contributed by atoms with E-state index in [1.165, 1.54) is 19.3 Å². The quantitative estimate of drug-likeness (QED) is 0.866. The van der Waals surface area contributed by atoms with Gasteiger partial charge in [0.15, 0.2) is 0 Å². The summed E-state index contributed by atoms with van der Waals surface area (Å²) in [5.41, 5.74) is 5.89. The average Bonchev–Trinajstić information content (AvgIpc) is 2.64. The molecule has 1 aromatic heterocycles. The van der Waals surface area contributed by atoms with Crippen molar-refractivity contribution in [1.29, 1.82) is 0 Å². The Kier molecular flexibility index (Phi) is 3.66. The first kappa shape index (κ1) is 12.4. The van der Waals surface area contributed by atoms with E-state index in [0.29, 0.717) is 30.3 Å². The molecule has 1 aliphatic rings. The lowest BCUT2D eigenvalue weighted by atomic mass is 9.85. The molecule has 2 N–H and O–H groups in total. The van der Waals surface area contributed by atoms with Gasteiger partial charge in [0.25, 0.3) is 0 Å². The van der Waals surface area contributed by atoms with Crippen LogP contribution in [0.15, 0.2) is 4.42 Å². The van der Waals surface area contributed by atoms with Crippen molar-refractivity contribution in [2.75, 3.05) is 24.5 Å². The van der Waals surface area contributed by atoms with Crippen LogP contribution >= 0.6 is 0 Å². The van der Waals surface area contributed by atoms with Crippen molar-refractivity contribution in [3.8, 4) is 0 Å². The highest BCUT2D eigenvalue weighted by Crippen LogP contribution is 2.31. The summed E-state index contributed by atoms with van der Waals surface area (Å²) >= 11 is 0. The first-order valence-electron chi connectivity index (χ1n) is 6.38. The zero-order valence-corrected chi connectivity index (χ0v) is 10.8. The molecule has 0 bridgehead atoms. The van der Waals surface area contributed by atoms with Crippen LogP contribution in [0.2, 0.25) is 0 Å². The van der Waals surface area contributed by atoms with E-state index in [2.05, 4.69) is 28.9 Å². The number of nitrogens with two attached hydrogens (primary N) is 1. The third-order valence-electron chi connectivity index (χ3n) is 3.42. The SMILES string of the molecule is CC1(C)CCCN(c2nnc(CCN)o2)CC1. The second-order valence-corrected chi connectivity index (χ2v) is 5.52. The van der Waals surface area contributed by atoms with E-state index in [1.807, 2.05) is 0 Å². The second-order valence-electron chi connectivity index (χ2n) is 5.52. The predicted molar refractivity (Wildman–Crippen MR) is 66.9 cm³/mol. The van der Waals surface area contributed by atoms with Gasteiger partial charge in [-0.3, -0.25) is 0 Å². The maximum Gasteiger partial charge on any atom is 0.318 e. The molecule has 1 fully saturated rings. The van der Waals surface area contributed by atoms with Crippen LogP contribution in [0, 0.1) is 5.41 Å². The Morgan fingerprint density at radius 3 is 2.88 bits per heavy atom. The standard InChI is InChI=1S/C12H22N4O/c1-12(2)5-3-8-16(9-6-12)11-15-14-10(17-11)4-7-13/h3-9,13H2,1-2H3. The lowest BCUT2D eigenvalue weighted by molar-refractivity contribution is 0.324. The van der Waals surface area contributed by atoms with Crippen LogP contribution < -0.4 is 10.6 Å². The molecule has 0 radical (unpaired) electrons. The summed E-state index contributed by atoms with van der Waals surface area (Å²) in [6, 6.07) is 0.658. The van der Waals surface area contributed by atoms with Gasteiger partial charge in [-0.15, -0.1) is 5.10 Å². The van der Waals surface area contributed by atoms with Gasteiger partial charge in [0.05, 0.1) is 0 Å². The summed E-state index contributed by atoms with van der Waals surface area (Å²) in [4.78, 5) is 2.20. The van der Waals surface area contributed by atoms with Crippen molar-refractivity contribution >= 4 is 6.01 Å². The molecule has 2 rings (SSSR count). The fraction of sp³-hybridized carbons (Fsp3) is 0.833. The van der Waals surface area contributed by atoms with Gasteiger partial charge in [0.2, 0.25) is 5.89 Å². The molecule has 0 saturated carbocycles. The molecule has 1 aromatic rings. The molecule has 0 unspecified atom stereocenters. The van der Waals surface area contributed by atoms with E-state index < -0.39 is 0 Å². The fourth-order valence-corrected chi connectivity index (χ4v) is 2.21. The van der Waals surface area contributed by atoms with Gasteiger partial charge in [0.1, 0.15) is 0 Å². The number of hydrogen-bond acceptors (Lipinski definition) is 5. The Labute approximate surface area is 102 Å². The summed E-state index contributed by atoms with van der Waals surface area (Å²) in [7, 11) is 0. The maximum atomic E-state index is 5.61. The first-order valence-corrected chi connectivity index (χ1v) is 6.38. The van der Waals surface area contributed by atoms with Crippen molar-refractivity contribution in [3.63, 3.8) is 0 Å². The average molecular weight is 238 g/mol. The van der Waals surface area contributed by atoms with Crippen molar-refractivity contribution in [2.45, 2.75) is 39.5 Å². The van der Waals surface area contributed by atoms with Gasteiger partial charge < -0.3 is 15.1 Å². The molecule has 2 heterocycles. The number of anilines is 1. The third kappa shape index (κ3) is 3.19. The topological polar surface area (TPSA) is 68.2 Å². The number of aromatic nitrogens is 2. The molecule has 0 spiro atoms. The van der Waals surface area contributed by atoms with E-state index in [0.717, 1.165) is 13.1 Å². The van der Waals surface area contributed by atoms with Crippen LogP contribution in [0.5, 0.6) is 0 Å². The molecule has 1 aliphatic heterocycles. The third-order valence-corrected chi connectivity index (χ3v) is 3.42. The molecule has 5 heteroatoms. The fourth-order valence-electron chi connectivity index (χ4n) is 2.21. The van der Waals surface area contributed by atoms with Crippen molar-refractivity contribution < 1.29 is 4.42 Å². The van der Waals surface area contributed by atoms with E-state index in [1.54, 1.807) is 0 Å². The Morgan fingerprint density at radius 1 is 1.29 bits per heavy atom. The highest BCUT2D eigenvalue weighted by molar-refractivity contribution is 5.24.